The Morgan fingerprint density at radius 1 is 0.939 bits per heavy atom. The van der Waals surface area contributed by atoms with Crippen LogP contribution in [-0.4, -0.2) is 19.0 Å². The lowest BCUT2D eigenvalue weighted by Gasteiger charge is -2.18. The van der Waals surface area contributed by atoms with Crippen LogP contribution in [0.2, 0.25) is 0 Å². The normalized spacial score (nSPS) is 12.7. The van der Waals surface area contributed by atoms with E-state index in [2.05, 4.69) is 9.29 Å². The molecule has 0 spiro atoms. The maximum absolute atomic E-state index is 13.1. The smallest absolute Gasteiger partial charge is 0.241 e. The van der Waals surface area contributed by atoms with Gasteiger partial charge in [0, 0.05) is 24.8 Å². The summed E-state index contributed by atoms with van der Waals surface area (Å²) in [5.74, 6) is 0.783. The van der Waals surface area contributed by atoms with E-state index in [1.54, 1.807) is 0 Å². The van der Waals surface area contributed by atoms with Crippen LogP contribution < -0.4 is 9.46 Å². The number of fused-ring (bicyclic) bond motifs is 1. The van der Waals surface area contributed by atoms with Gasteiger partial charge in [0.2, 0.25) is 10.0 Å². The van der Waals surface area contributed by atoms with E-state index in [0.29, 0.717) is 18.0 Å². The molecule has 0 saturated heterocycles. The van der Waals surface area contributed by atoms with Gasteiger partial charge >= 0.3 is 0 Å². The summed E-state index contributed by atoms with van der Waals surface area (Å²) < 4.78 is 37.1. The number of ether oxygens (including phenoxy) is 1. The zero-order valence-corrected chi connectivity index (χ0v) is 20.3. The number of benzene rings is 3. The molecule has 0 saturated carbocycles. The second-order valence-electron chi connectivity index (χ2n) is 8.71. The minimum Gasteiger partial charge on any atom is -0.489 e. The standard InChI is InChI=1S/C27H30N2O3S/c1-19-14-20(2)27(21(3)15-19)33(30,31)28-22(4)17-29-13-12-24-10-11-25(16-26(24)29)32-18-23-8-6-5-7-9-23/h5-16,22,28H,17-18H2,1-4H3. The van der Waals surface area contributed by atoms with Gasteiger partial charge < -0.3 is 9.30 Å². The van der Waals surface area contributed by atoms with E-state index < -0.39 is 10.0 Å². The number of hydrogen-bond acceptors (Lipinski definition) is 3. The third-order valence-corrected chi connectivity index (χ3v) is 7.59. The zero-order chi connectivity index (χ0) is 23.6. The van der Waals surface area contributed by atoms with E-state index >= 15 is 0 Å². The van der Waals surface area contributed by atoms with E-state index in [-0.39, 0.29) is 6.04 Å². The molecule has 4 rings (SSSR count). The summed E-state index contributed by atoms with van der Waals surface area (Å²) in [5, 5.41) is 1.09. The van der Waals surface area contributed by atoms with Gasteiger partial charge in [0.1, 0.15) is 12.4 Å². The Kier molecular flexibility index (Phi) is 6.58. The summed E-state index contributed by atoms with van der Waals surface area (Å²) in [6.45, 7) is 8.55. The number of aryl methyl sites for hydroxylation is 3. The summed E-state index contributed by atoms with van der Waals surface area (Å²) in [6.07, 6.45) is 1.98. The van der Waals surface area contributed by atoms with Crippen molar-refractivity contribution in [3.8, 4) is 5.75 Å². The molecule has 0 bridgehead atoms. The van der Waals surface area contributed by atoms with Gasteiger partial charge in [-0.15, -0.1) is 0 Å². The zero-order valence-electron chi connectivity index (χ0n) is 19.5. The van der Waals surface area contributed by atoms with E-state index in [1.165, 1.54) is 0 Å². The number of nitrogens with zero attached hydrogens (tertiary/aromatic N) is 1. The second kappa shape index (κ2) is 9.41. The van der Waals surface area contributed by atoms with Crippen LogP contribution in [0.15, 0.2) is 77.8 Å². The van der Waals surface area contributed by atoms with Gasteiger partial charge in [0.15, 0.2) is 0 Å². The summed E-state index contributed by atoms with van der Waals surface area (Å²) in [4.78, 5) is 0.369. The highest BCUT2D eigenvalue weighted by Crippen LogP contribution is 2.25. The molecule has 0 radical (unpaired) electrons. The van der Waals surface area contributed by atoms with Crippen LogP contribution in [0.5, 0.6) is 5.75 Å². The predicted molar refractivity (Wildman–Crippen MR) is 133 cm³/mol. The average molecular weight is 463 g/mol. The second-order valence-corrected chi connectivity index (χ2v) is 10.4. The van der Waals surface area contributed by atoms with E-state index in [4.69, 9.17) is 4.74 Å². The Balaban J connectivity index is 1.50. The number of rotatable bonds is 8. The minimum atomic E-state index is -3.63. The van der Waals surface area contributed by atoms with Crippen LogP contribution >= 0.6 is 0 Å². The van der Waals surface area contributed by atoms with E-state index in [0.717, 1.165) is 38.9 Å². The Hall–Kier alpha value is -3.09. The topological polar surface area (TPSA) is 60.3 Å². The fourth-order valence-corrected chi connectivity index (χ4v) is 6.09. The number of hydrogen-bond donors (Lipinski definition) is 1. The van der Waals surface area contributed by atoms with Crippen LogP contribution in [0, 0.1) is 20.8 Å². The lowest BCUT2D eigenvalue weighted by molar-refractivity contribution is 0.306. The number of sulfonamides is 1. The largest absolute Gasteiger partial charge is 0.489 e. The lowest BCUT2D eigenvalue weighted by atomic mass is 10.1. The minimum absolute atomic E-state index is 0.292. The maximum atomic E-state index is 13.1. The number of aromatic nitrogens is 1. The fourth-order valence-electron chi connectivity index (χ4n) is 4.40. The van der Waals surface area contributed by atoms with Crippen molar-refractivity contribution in [3.63, 3.8) is 0 Å². The molecule has 0 aliphatic heterocycles. The molecule has 6 heteroatoms. The Morgan fingerprint density at radius 3 is 2.33 bits per heavy atom. The van der Waals surface area contributed by atoms with Gasteiger partial charge in [-0.3, -0.25) is 0 Å². The van der Waals surface area contributed by atoms with Crippen LogP contribution in [-0.2, 0) is 23.2 Å². The van der Waals surface area contributed by atoms with Crippen LogP contribution in [0.1, 0.15) is 29.2 Å². The van der Waals surface area contributed by atoms with Crippen LogP contribution in [0.4, 0.5) is 0 Å². The Bertz CT molecular complexity index is 1350. The SMILES string of the molecule is Cc1cc(C)c(S(=O)(=O)NC(C)Cn2ccc3ccc(OCc4ccccc4)cc32)c(C)c1. The molecule has 3 aromatic carbocycles. The molecule has 33 heavy (non-hydrogen) atoms. The van der Waals surface area contributed by atoms with Crippen molar-refractivity contribution in [1.29, 1.82) is 0 Å². The molecule has 1 aromatic heterocycles. The average Bonchev–Trinajstić information content (AvgIpc) is 3.13. The lowest BCUT2D eigenvalue weighted by Crippen LogP contribution is -2.36. The van der Waals surface area contributed by atoms with Gasteiger partial charge in [-0.2, -0.15) is 0 Å². The first kappa shape index (κ1) is 23.1. The van der Waals surface area contributed by atoms with Crippen molar-refractivity contribution in [2.45, 2.75) is 51.8 Å². The van der Waals surface area contributed by atoms with E-state index in [9.17, 15) is 8.42 Å². The van der Waals surface area contributed by atoms with Crippen molar-refractivity contribution in [3.05, 3.63) is 95.2 Å². The van der Waals surface area contributed by atoms with Crippen molar-refractivity contribution in [1.82, 2.24) is 9.29 Å². The van der Waals surface area contributed by atoms with Crippen molar-refractivity contribution >= 4 is 20.9 Å². The van der Waals surface area contributed by atoms with Gasteiger partial charge in [-0.05, 0) is 68.0 Å². The molecule has 1 heterocycles. The molecule has 172 valence electrons. The highest BCUT2D eigenvalue weighted by Gasteiger charge is 2.22. The first-order valence-corrected chi connectivity index (χ1v) is 12.6. The molecular formula is C27H30N2O3S. The molecule has 5 nitrogen and oxygen atoms in total. The van der Waals surface area contributed by atoms with Crippen LogP contribution in [0.3, 0.4) is 0 Å². The summed E-state index contributed by atoms with van der Waals surface area (Å²) in [6, 6.07) is 21.6. The summed E-state index contributed by atoms with van der Waals surface area (Å²) >= 11 is 0. The molecule has 4 aromatic rings. The molecule has 0 fully saturated rings. The first-order valence-electron chi connectivity index (χ1n) is 11.1. The monoisotopic (exact) mass is 462 g/mol. The van der Waals surface area contributed by atoms with Crippen molar-refractivity contribution < 1.29 is 13.2 Å². The highest BCUT2D eigenvalue weighted by atomic mass is 32.2. The molecule has 1 atom stereocenters. The predicted octanol–water partition coefficient (Wildman–Crippen LogP) is 5.51. The summed E-state index contributed by atoms with van der Waals surface area (Å²) in [7, 11) is -3.63. The third-order valence-electron chi connectivity index (χ3n) is 5.69. The molecule has 0 aliphatic rings. The quantitative estimate of drug-likeness (QED) is 0.375. The molecule has 1 N–H and O–H groups in total. The van der Waals surface area contributed by atoms with Crippen molar-refractivity contribution in [2.24, 2.45) is 0 Å². The molecule has 1 unspecified atom stereocenters. The summed E-state index contributed by atoms with van der Waals surface area (Å²) in [5.41, 5.74) is 4.70. The van der Waals surface area contributed by atoms with Gasteiger partial charge in [0.25, 0.3) is 0 Å². The van der Waals surface area contributed by atoms with Gasteiger partial charge in [-0.1, -0.05) is 48.0 Å². The van der Waals surface area contributed by atoms with E-state index in [1.807, 2.05) is 101 Å². The molecule has 0 amide bonds. The molecule has 0 aliphatic carbocycles. The molecular weight excluding hydrogens is 432 g/mol. The van der Waals surface area contributed by atoms with Gasteiger partial charge in [0.05, 0.1) is 10.4 Å². The first-order chi connectivity index (χ1) is 15.7. The Labute approximate surface area is 196 Å². The van der Waals surface area contributed by atoms with Crippen LogP contribution in [0.25, 0.3) is 10.9 Å². The third kappa shape index (κ3) is 5.29. The fraction of sp³-hybridized carbons (Fsp3) is 0.259. The Morgan fingerprint density at radius 2 is 1.64 bits per heavy atom. The van der Waals surface area contributed by atoms with Crippen molar-refractivity contribution in [2.75, 3.05) is 0 Å². The number of nitrogens with one attached hydrogen (secondary N) is 1. The maximum Gasteiger partial charge on any atom is 0.241 e. The highest BCUT2D eigenvalue weighted by molar-refractivity contribution is 7.89. The van der Waals surface area contributed by atoms with Gasteiger partial charge in [-0.25, -0.2) is 13.1 Å².